The summed E-state index contributed by atoms with van der Waals surface area (Å²) in [4.78, 5) is 39.2. The zero-order chi connectivity index (χ0) is 25.5. The molecule has 6 rings (SSSR count). The number of aryl methyl sites for hydroxylation is 1. The summed E-state index contributed by atoms with van der Waals surface area (Å²) in [6, 6.07) is 12.0. The van der Waals surface area contributed by atoms with Crippen molar-refractivity contribution in [1.29, 1.82) is 0 Å². The molecule has 0 saturated carbocycles. The van der Waals surface area contributed by atoms with Gasteiger partial charge in [-0.1, -0.05) is 18.6 Å². The number of benzene rings is 1. The number of carbonyl (C=O) groups excluding carboxylic acids is 1. The molecule has 1 aliphatic rings. The fourth-order valence-corrected chi connectivity index (χ4v) is 6.31. The highest BCUT2D eigenvalue weighted by Gasteiger charge is 2.23. The van der Waals surface area contributed by atoms with Gasteiger partial charge in [0.15, 0.2) is 5.65 Å². The molecule has 9 nitrogen and oxygen atoms in total. The zero-order valence-electron chi connectivity index (χ0n) is 20.9. The predicted molar refractivity (Wildman–Crippen MR) is 147 cm³/mol. The van der Waals surface area contributed by atoms with Crippen molar-refractivity contribution in [2.24, 2.45) is 7.05 Å². The third-order valence-electron chi connectivity index (χ3n) is 7.28. The third-order valence-corrected chi connectivity index (χ3v) is 8.43. The Morgan fingerprint density at radius 2 is 2.03 bits per heavy atom. The van der Waals surface area contributed by atoms with Crippen molar-refractivity contribution in [2.75, 3.05) is 25.5 Å². The molecule has 0 aliphatic carbocycles. The van der Waals surface area contributed by atoms with Crippen LogP contribution in [0.2, 0.25) is 0 Å². The number of likely N-dealkylation sites (N-methyl/N-ethyl adjacent to an activating group) is 1. The van der Waals surface area contributed by atoms with Gasteiger partial charge in [-0.2, -0.15) is 0 Å². The van der Waals surface area contributed by atoms with Crippen LogP contribution in [-0.4, -0.2) is 55.9 Å². The first-order chi connectivity index (χ1) is 18.0. The molecule has 1 amide bonds. The zero-order valence-corrected chi connectivity index (χ0v) is 21.7. The normalized spacial score (nSPS) is 16.5. The number of hydrogen-bond acceptors (Lipinski definition) is 7. The maximum atomic E-state index is 13.7. The van der Waals surface area contributed by atoms with E-state index in [1.807, 2.05) is 52.5 Å². The third kappa shape index (κ3) is 4.25. The fraction of sp³-hybridized carbons (Fsp3) is 0.333. The highest BCUT2D eigenvalue weighted by molar-refractivity contribution is 7.24. The van der Waals surface area contributed by atoms with Gasteiger partial charge in [-0.3, -0.25) is 14.0 Å². The van der Waals surface area contributed by atoms with Crippen LogP contribution in [0.25, 0.3) is 26.1 Å². The number of fused-ring (bicyclic) bond motifs is 5. The Hall–Kier alpha value is -3.76. The number of anilines is 1. The smallest absolute Gasteiger partial charge is 0.258 e. The Balaban J connectivity index is 1.43. The first-order valence-corrected chi connectivity index (χ1v) is 13.4. The predicted octanol–water partition coefficient (Wildman–Crippen LogP) is 3.62. The summed E-state index contributed by atoms with van der Waals surface area (Å²) in [7, 11) is 4.04. The second-order valence-corrected chi connectivity index (χ2v) is 10.7. The van der Waals surface area contributed by atoms with Gasteiger partial charge in [0.05, 0.1) is 22.1 Å². The molecule has 1 saturated heterocycles. The van der Waals surface area contributed by atoms with Gasteiger partial charge in [0.25, 0.3) is 5.91 Å². The Morgan fingerprint density at radius 1 is 1.16 bits per heavy atom. The number of amides is 1. The summed E-state index contributed by atoms with van der Waals surface area (Å²) in [6.07, 6.45) is 7.14. The molecule has 1 aliphatic heterocycles. The van der Waals surface area contributed by atoms with E-state index in [4.69, 9.17) is 4.98 Å². The second-order valence-electron chi connectivity index (χ2n) is 9.63. The lowest BCUT2D eigenvalue weighted by Crippen LogP contribution is -2.40. The minimum Gasteiger partial charge on any atom is -0.368 e. The van der Waals surface area contributed by atoms with Crippen LogP contribution in [0.15, 0.2) is 53.6 Å². The number of rotatable bonds is 6. The van der Waals surface area contributed by atoms with Crippen molar-refractivity contribution in [3.63, 3.8) is 0 Å². The number of para-hydroxylation sites is 1. The van der Waals surface area contributed by atoms with Crippen LogP contribution in [0.5, 0.6) is 0 Å². The standard InChI is InChI=1S/C27H29N7O2S/c1-32-13-6-5-7-17(32)15-29-21-11-10-18-24(35)23(26(36)30-16-22-28-12-14-33(22)2)27-34(25(18)31-21)19-8-3-4-9-20(19)37-27/h3-4,8-12,14,17H,5-7,13,15-16H2,1-2H3,(H,29,31)(H,30,36). The number of nitrogens with one attached hydrogen (secondary N) is 2. The number of pyridine rings is 2. The van der Waals surface area contributed by atoms with Gasteiger partial charge in [-0.15, -0.1) is 11.3 Å². The molecule has 1 aromatic carbocycles. The van der Waals surface area contributed by atoms with Gasteiger partial charge in [-0.25, -0.2) is 9.97 Å². The maximum Gasteiger partial charge on any atom is 0.258 e. The van der Waals surface area contributed by atoms with E-state index in [0.29, 0.717) is 27.7 Å². The van der Waals surface area contributed by atoms with Crippen molar-refractivity contribution < 1.29 is 4.79 Å². The number of imidazole rings is 1. The van der Waals surface area contributed by atoms with Gasteiger partial charge >= 0.3 is 0 Å². The molecule has 37 heavy (non-hydrogen) atoms. The summed E-state index contributed by atoms with van der Waals surface area (Å²) < 4.78 is 4.77. The van der Waals surface area contributed by atoms with E-state index in [2.05, 4.69) is 27.6 Å². The van der Waals surface area contributed by atoms with E-state index >= 15 is 0 Å². The van der Waals surface area contributed by atoms with Crippen LogP contribution < -0.4 is 16.1 Å². The minimum absolute atomic E-state index is 0.134. The Bertz CT molecular complexity index is 1690. The van der Waals surface area contributed by atoms with Crippen molar-refractivity contribution in [3.05, 3.63) is 70.4 Å². The number of carbonyl (C=O) groups is 1. The largest absolute Gasteiger partial charge is 0.368 e. The van der Waals surface area contributed by atoms with Gasteiger partial charge in [-0.05, 0) is 50.7 Å². The molecule has 5 aromatic rings. The van der Waals surface area contributed by atoms with Crippen LogP contribution in [-0.2, 0) is 13.6 Å². The van der Waals surface area contributed by atoms with Crippen LogP contribution >= 0.6 is 11.3 Å². The Kier molecular flexibility index (Phi) is 6.13. The molecule has 10 heteroatoms. The number of nitrogens with zero attached hydrogens (tertiary/aromatic N) is 5. The molecular formula is C27H29N7O2S. The van der Waals surface area contributed by atoms with Crippen LogP contribution in [0.4, 0.5) is 5.82 Å². The van der Waals surface area contributed by atoms with E-state index in [1.54, 1.807) is 12.3 Å². The van der Waals surface area contributed by atoms with Crippen LogP contribution in [0.1, 0.15) is 35.4 Å². The quantitative estimate of drug-likeness (QED) is 0.359. The molecule has 1 atom stereocenters. The van der Waals surface area contributed by atoms with Crippen molar-refractivity contribution in [1.82, 2.24) is 29.2 Å². The highest BCUT2D eigenvalue weighted by atomic mass is 32.1. The van der Waals surface area contributed by atoms with Crippen molar-refractivity contribution >= 4 is 49.1 Å². The maximum absolute atomic E-state index is 13.7. The molecule has 190 valence electrons. The van der Waals surface area contributed by atoms with Gasteiger partial charge < -0.3 is 20.1 Å². The van der Waals surface area contributed by atoms with Crippen LogP contribution in [0.3, 0.4) is 0 Å². The minimum atomic E-state index is -0.415. The van der Waals surface area contributed by atoms with E-state index in [9.17, 15) is 9.59 Å². The molecule has 0 bridgehead atoms. The second kappa shape index (κ2) is 9.60. The fourth-order valence-electron chi connectivity index (χ4n) is 5.13. The average Bonchev–Trinajstić information content (AvgIpc) is 3.50. The number of thiazole rings is 1. The van der Waals surface area contributed by atoms with Crippen LogP contribution in [0, 0.1) is 0 Å². The molecule has 4 aromatic heterocycles. The summed E-state index contributed by atoms with van der Waals surface area (Å²) >= 11 is 1.43. The van der Waals surface area contributed by atoms with E-state index in [1.165, 1.54) is 24.2 Å². The summed E-state index contributed by atoms with van der Waals surface area (Å²) in [6.45, 7) is 2.14. The van der Waals surface area contributed by atoms with Gasteiger partial charge in [0.2, 0.25) is 5.43 Å². The van der Waals surface area contributed by atoms with Gasteiger partial charge in [0.1, 0.15) is 22.0 Å². The average molecular weight is 516 g/mol. The number of aromatic nitrogens is 4. The topological polar surface area (TPSA) is 96.6 Å². The summed E-state index contributed by atoms with van der Waals surface area (Å²) in [5.74, 6) is 1.02. The van der Waals surface area contributed by atoms with E-state index in [0.717, 1.165) is 35.5 Å². The van der Waals surface area contributed by atoms with Crippen molar-refractivity contribution in [3.8, 4) is 0 Å². The summed E-state index contributed by atoms with van der Waals surface area (Å²) in [5.41, 5.74) is 1.29. The number of hydrogen-bond donors (Lipinski definition) is 2. The first kappa shape index (κ1) is 23.6. The number of likely N-dealkylation sites (tertiary alicyclic amines) is 1. The molecule has 0 radical (unpaired) electrons. The summed E-state index contributed by atoms with van der Waals surface area (Å²) in [5, 5.41) is 6.80. The Morgan fingerprint density at radius 3 is 2.84 bits per heavy atom. The molecule has 1 fully saturated rings. The molecule has 2 N–H and O–H groups in total. The Labute approximate surface area is 217 Å². The lowest BCUT2D eigenvalue weighted by Gasteiger charge is -2.32. The molecule has 5 heterocycles. The first-order valence-electron chi connectivity index (χ1n) is 12.6. The lowest BCUT2D eigenvalue weighted by atomic mass is 10.0. The monoisotopic (exact) mass is 515 g/mol. The molecule has 1 unspecified atom stereocenters. The SMILES string of the molecule is CN1CCCCC1CNc1ccc2c(=O)c(C(=O)NCc3nccn3C)c3sc4ccccc4n3c2n1. The van der Waals surface area contributed by atoms with E-state index < -0.39 is 5.91 Å². The van der Waals surface area contributed by atoms with Gasteiger partial charge in [0, 0.05) is 32.0 Å². The van der Waals surface area contributed by atoms with E-state index in [-0.39, 0.29) is 17.5 Å². The lowest BCUT2D eigenvalue weighted by molar-refractivity contribution is 0.0950. The molecule has 0 spiro atoms. The highest BCUT2D eigenvalue weighted by Crippen LogP contribution is 2.31. The van der Waals surface area contributed by atoms with Crippen molar-refractivity contribution in [2.45, 2.75) is 31.8 Å². The number of piperidine rings is 1. The molecular weight excluding hydrogens is 486 g/mol.